The van der Waals surface area contributed by atoms with Gasteiger partial charge >= 0.3 is 5.97 Å². The summed E-state index contributed by atoms with van der Waals surface area (Å²) in [6, 6.07) is 11.2. The number of ether oxygens (including phenoxy) is 2. The lowest BCUT2D eigenvalue weighted by molar-refractivity contribution is 0.0600. The van der Waals surface area contributed by atoms with E-state index in [-0.39, 0.29) is 16.2 Å². The van der Waals surface area contributed by atoms with Crippen LogP contribution in [0.5, 0.6) is 11.5 Å². The molecular weight excluding hydrogens is 380 g/mol. The SMILES string of the molecule is COC(=O)c1cc(NCCCCl)c(Oc2ccccc2)c(S(N)(=O)=O)c1. The number of sulfonamides is 1. The van der Waals surface area contributed by atoms with Crippen LogP contribution in [0.15, 0.2) is 47.4 Å². The molecule has 0 aliphatic heterocycles. The van der Waals surface area contributed by atoms with Crippen LogP contribution in [0.4, 0.5) is 5.69 Å². The van der Waals surface area contributed by atoms with Crippen LogP contribution in [0.3, 0.4) is 0 Å². The average Bonchev–Trinajstić information content (AvgIpc) is 2.62. The second kappa shape index (κ2) is 8.88. The van der Waals surface area contributed by atoms with Gasteiger partial charge in [0.25, 0.3) is 0 Å². The number of methoxy groups -OCH3 is 1. The first-order valence-corrected chi connectivity index (χ1v) is 9.76. The molecule has 2 rings (SSSR count). The predicted octanol–water partition coefficient (Wildman–Crippen LogP) is 2.95. The van der Waals surface area contributed by atoms with Gasteiger partial charge in [-0.25, -0.2) is 18.4 Å². The van der Waals surface area contributed by atoms with Gasteiger partial charge in [0.2, 0.25) is 10.0 Å². The minimum atomic E-state index is -4.17. The van der Waals surface area contributed by atoms with Crippen LogP contribution < -0.4 is 15.2 Å². The van der Waals surface area contributed by atoms with E-state index < -0.39 is 16.0 Å². The van der Waals surface area contributed by atoms with Crippen LogP contribution >= 0.6 is 11.6 Å². The third-order valence-electron chi connectivity index (χ3n) is 3.37. The Bertz CT molecular complexity index is 872. The molecule has 0 radical (unpaired) electrons. The Balaban J connectivity index is 2.60. The first-order chi connectivity index (χ1) is 12.4. The quantitative estimate of drug-likeness (QED) is 0.402. The maximum atomic E-state index is 12.1. The van der Waals surface area contributed by atoms with Crippen LogP contribution in [0, 0.1) is 0 Å². The van der Waals surface area contributed by atoms with Crippen molar-refractivity contribution in [3.63, 3.8) is 0 Å². The molecule has 0 aliphatic rings. The van der Waals surface area contributed by atoms with E-state index in [4.69, 9.17) is 21.5 Å². The Morgan fingerprint density at radius 1 is 1.23 bits per heavy atom. The van der Waals surface area contributed by atoms with Crippen LogP contribution in [0.1, 0.15) is 16.8 Å². The third kappa shape index (κ3) is 5.10. The highest BCUT2D eigenvalue weighted by Crippen LogP contribution is 2.37. The Labute approximate surface area is 157 Å². The summed E-state index contributed by atoms with van der Waals surface area (Å²) < 4.78 is 34.6. The van der Waals surface area contributed by atoms with Crippen LogP contribution in [-0.4, -0.2) is 33.9 Å². The fourth-order valence-corrected chi connectivity index (χ4v) is 3.02. The molecule has 26 heavy (non-hydrogen) atoms. The third-order valence-corrected chi connectivity index (χ3v) is 4.56. The topological polar surface area (TPSA) is 108 Å². The van der Waals surface area contributed by atoms with E-state index >= 15 is 0 Å². The summed E-state index contributed by atoms with van der Waals surface area (Å²) >= 11 is 5.68. The van der Waals surface area contributed by atoms with Gasteiger partial charge in [0, 0.05) is 12.4 Å². The Kier molecular flexibility index (Phi) is 6.84. The molecule has 0 spiro atoms. The molecule has 0 saturated carbocycles. The lowest BCUT2D eigenvalue weighted by Crippen LogP contribution is -2.16. The maximum Gasteiger partial charge on any atom is 0.337 e. The summed E-state index contributed by atoms with van der Waals surface area (Å²) in [4.78, 5) is 11.6. The molecule has 0 heterocycles. The molecular formula is C17H19ClN2O5S. The molecule has 7 nitrogen and oxygen atoms in total. The number of rotatable bonds is 8. The number of anilines is 1. The molecule has 9 heteroatoms. The standard InChI is InChI=1S/C17H19ClN2O5S/c1-24-17(21)12-10-14(20-9-5-8-18)16(15(11-12)26(19,22)23)25-13-6-3-2-4-7-13/h2-4,6-7,10-11,20H,5,8-9H2,1H3,(H2,19,22,23). The van der Waals surface area contributed by atoms with Crippen molar-refractivity contribution < 1.29 is 22.7 Å². The largest absolute Gasteiger partial charge is 0.465 e. The Hall–Kier alpha value is -2.29. The zero-order valence-electron chi connectivity index (χ0n) is 14.1. The number of nitrogens with one attached hydrogen (secondary N) is 1. The number of hydrogen-bond acceptors (Lipinski definition) is 6. The molecule has 0 fully saturated rings. The van der Waals surface area contributed by atoms with Crippen molar-refractivity contribution in [2.75, 3.05) is 24.9 Å². The number of carbonyl (C=O) groups excluding carboxylic acids is 1. The first-order valence-electron chi connectivity index (χ1n) is 7.68. The van der Waals surface area contributed by atoms with Crippen LogP contribution in [0.25, 0.3) is 0 Å². The zero-order valence-corrected chi connectivity index (χ0v) is 15.6. The molecule has 140 valence electrons. The van der Waals surface area contributed by atoms with Crippen molar-refractivity contribution in [2.24, 2.45) is 5.14 Å². The van der Waals surface area contributed by atoms with Crippen molar-refractivity contribution >= 4 is 33.3 Å². The molecule has 0 bridgehead atoms. The van der Waals surface area contributed by atoms with Gasteiger partial charge in [-0.3, -0.25) is 0 Å². The van der Waals surface area contributed by atoms with Crippen molar-refractivity contribution in [1.82, 2.24) is 0 Å². The lowest BCUT2D eigenvalue weighted by atomic mass is 10.1. The van der Waals surface area contributed by atoms with Crippen LogP contribution in [0.2, 0.25) is 0 Å². The number of para-hydroxylation sites is 1. The molecule has 0 unspecified atom stereocenters. The minimum absolute atomic E-state index is 0.000857. The van der Waals surface area contributed by atoms with Crippen molar-refractivity contribution in [3.8, 4) is 11.5 Å². The van der Waals surface area contributed by atoms with E-state index in [2.05, 4.69) is 10.1 Å². The summed E-state index contributed by atoms with van der Waals surface area (Å²) in [7, 11) is -2.97. The van der Waals surface area contributed by atoms with Gasteiger partial charge in [-0.05, 0) is 30.7 Å². The van der Waals surface area contributed by atoms with Crippen molar-refractivity contribution in [2.45, 2.75) is 11.3 Å². The number of benzene rings is 2. The number of esters is 1. The van der Waals surface area contributed by atoms with Gasteiger partial charge in [0.15, 0.2) is 5.75 Å². The summed E-state index contributed by atoms with van der Waals surface area (Å²) in [5.41, 5.74) is 0.330. The second-order valence-corrected chi connectivity index (χ2v) is 7.18. The molecule has 0 amide bonds. The zero-order chi connectivity index (χ0) is 19.2. The van der Waals surface area contributed by atoms with Gasteiger partial charge in [0.05, 0.1) is 18.4 Å². The molecule has 0 aromatic heterocycles. The summed E-state index contributed by atoms with van der Waals surface area (Å²) in [6.07, 6.45) is 0.624. The van der Waals surface area contributed by atoms with E-state index in [0.717, 1.165) is 6.07 Å². The second-order valence-electron chi connectivity index (χ2n) is 5.27. The van der Waals surface area contributed by atoms with Crippen LogP contribution in [-0.2, 0) is 14.8 Å². The molecule has 2 aromatic carbocycles. The van der Waals surface area contributed by atoms with Crippen molar-refractivity contribution in [1.29, 1.82) is 0 Å². The number of halogens is 1. The van der Waals surface area contributed by atoms with Gasteiger partial charge in [-0.2, -0.15) is 0 Å². The minimum Gasteiger partial charge on any atom is -0.465 e. The fourth-order valence-electron chi connectivity index (χ4n) is 2.18. The van der Waals surface area contributed by atoms with E-state index in [9.17, 15) is 13.2 Å². The monoisotopic (exact) mass is 398 g/mol. The lowest BCUT2D eigenvalue weighted by Gasteiger charge is -2.17. The number of alkyl halides is 1. The van der Waals surface area contributed by atoms with E-state index in [0.29, 0.717) is 30.3 Å². The highest BCUT2D eigenvalue weighted by atomic mass is 35.5. The van der Waals surface area contributed by atoms with Gasteiger partial charge in [0.1, 0.15) is 10.6 Å². The highest BCUT2D eigenvalue weighted by Gasteiger charge is 2.23. The van der Waals surface area contributed by atoms with Crippen molar-refractivity contribution in [3.05, 3.63) is 48.0 Å². The Morgan fingerprint density at radius 3 is 2.50 bits per heavy atom. The molecule has 3 N–H and O–H groups in total. The number of nitrogens with two attached hydrogens (primary N) is 1. The highest BCUT2D eigenvalue weighted by molar-refractivity contribution is 7.89. The number of hydrogen-bond donors (Lipinski definition) is 2. The van der Waals surface area contributed by atoms with E-state index in [1.165, 1.54) is 13.2 Å². The summed E-state index contributed by atoms with van der Waals surface area (Å²) in [5.74, 6) is 0.145. The Morgan fingerprint density at radius 2 is 1.92 bits per heavy atom. The van der Waals surface area contributed by atoms with Gasteiger partial charge < -0.3 is 14.8 Å². The van der Waals surface area contributed by atoms with E-state index in [1.54, 1.807) is 30.3 Å². The summed E-state index contributed by atoms with van der Waals surface area (Å²) in [6.45, 7) is 0.448. The van der Waals surface area contributed by atoms with Gasteiger partial charge in [-0.15, -0.1) is 11.6 Å². The molecule has 0 aliphatic carbocycles. The molecule has 2 aromatic rings. The fraction of sp³-hybridized carbons (Fsp3) is 0.235. The molecule has 0 saturated heterocycles. The number of primary sulfonamides is 1. The normalized spacial score (nSPS) is 11.0. The maximum absolute atomic E-state index is 12.1. The average molecular weight is 399 g/mol. The predicted molar refractivity (Wildman–Crippen MR) is 99.5 cm³/mol. The van der Waals surface area contributed by atoms with E-state index in [1.807, 2.05) is 0 Å². The number of carbonyl (C=O) groups is 1. The molecule has 0 atom stereocenters. The van der Waals surface area contributed by atoms with Gasteiger partial charge in [-0.1, -0.05) is 18.2 Å². The summed E-state index contributed by atoms with van der Waals surface area (Å²) in [5, 5.41) is 8.37. The smallest absolute Gasteiger partial charge is 0.337 e. The first kappa shape index (κ1) is 20.0.